The molecule has 0 aliphatic heterocycles. The summed E-state index contributed by atoms with van der Waals surface area (Å²) < 4.78 is 5.44. The van der Waals surface area contributed by atoms with Crippen molar-refractivity contribution in [2.75, 3.05) is 13.7 Å². The second-order valence-corrected chi connectivity index (χ2v) is 6.16. The largest absolute Gasteiger partial charge is 0.496 e. The van der Waals surface area contributed by atoms with Crippen molar-refractivity contribution < 1.29 is 4.74 Å². The number of rotatable bonds is 6. The molecule has 23 heavy (non-hydrogen) atoms. The number of thiazole rings is 1. The van der Waals surface area contributed by atoms with Crippen molar-refractivity contribution in [3.05, 3.63) is 45.4 Å². The molecule has 0 fully saturated rings. The molecule has 2 rings (SSSR count). The van der Waals surface area contributed by atoms with Crippen LogP contribution in [0, 0.1) is 13.8 Å². The molecule has 6 heteroatoms. The van der Waals surface area contributed by atoms with E-state index in [1.807, 2.05) is 18.5 Å². The van der Waals surface area contributed by atoms with E-state index in [0.29, 0.717) is 6.54 Å². The maximum Gasteiger partial charge on any atom is 0.191 e. The van der Waals surface area contributed by atoms with Crippen LogP contribution in [0.4, 0.5) is 0 Å². The molecule has 0 aliphatic carbocycles. The molecular weight excluding hydrogens is 308 g/mol. The Labute approximate surface area is 141 Å². The number of methoxy groups -OCH3 is 1. The van der Waals surface area contributed by atoms with Gasteiger partial charge in [-0.25, -0.2) is 9.98 Å². The van der Waals surface area contributed by atoms with E-state index in [2.05, 4.69) is 46.6 Å². The minimum absolute atomic E-state index is 0.570. The Hall–Kier alpha value is -2.08. The van der Waals surface area contributed by atoms with Crippen LogP contribution in [-0.4, -0.2) is 24.6 Å². The summed E-state index contributed by atoms with van der Waals surface area (Å²) in [4.78, 5) is 10.1. The van der Waals surface area contributed by atoms with Gasteiger partial charge in [0.1, 0.15) is 5.75 Å². The second-order valence-electron chi connectivity index (χ2n) is 5.22. The van der Waals surface area contributed by atoms with Gasteiger partial charge in [-0.15, -0.1) is 11.3 Å². The smallest absolute Gasteiger partial charge is 0.191 e. The second kappa shape index (κ2) is 8.53. The van der Waals surface area contributed by atoms with Crippen molar-refractivity contribution in [1.82, 2.24) is 15.6 Å². The van der Waals surface area contributed by atoms with Gasteiger partial charge in [-0.05, 0) is 32.4 Å². The van der Waals surface area contributed by atoms with Crippen LogP contribution >= 0.6 is 11.3 Å². The average molecular weight is 332 g/mol. The number of hydrogen-bond acceptors (Lipinski definition) is 4. The monoisotopic (exact) mass is 332 g/mol. The highest BCUT2D eigenvalue weighted by Gasteiger charge is 2.05. The molecule has 0 atom stereocenters. The molecule has 0 amide bonds. The van der Waals surface area contributed by atoms with Crippen LogP contribution in [0.25, 0.3) is 0 Å². The summed E-state index contributed by atoms with van der Waals surface area (Å²) in [7, 11) is 1.69. The summed E-state index contributed by atoms with van der Waals surface area (Å²) in [5.74, 6) is 1.67. The molecule has 124 valence electrons. The van der Waals surface area contributed by atoms with Crippen LogP contribution < -0.4 is 15.4 Å². The van der Waals surface area contributed by atoms with Crippen molar-refractivity contribution in [3.8, 4) is 5.75 Å². The zero-order valence-corrected chi connectivity index (χ0v) is 15.0. The Morgan fingerprint density at radius 1 is 1.30 bits per heavy atom. The number of nitrogens with zero attached hydrogens (tertiary/aromatic N) is 2. The highest BCUT2D eigenvalue weighted by molar-refractivity contribution is 7.09. The molecule has 0 saturated heterocycles. The van der Waals surface area contributed by atoms with Crippen molar-refractivity contribution in [2.24, 2.45) is 4.99 Å². The number of nitrogens with one attached hydrogen (secondary N) is 2. The lowest BCUT2D eigenvalue weighted by Crippen LogP contribution is -2.36. The predicted molar refractivity (Wildman–Crippen MR) is 96.2 cm³/mol. The molecular formula is C17H24N4OS. The molecule has 0 aliphatic rings. The van der Waals surface area contributed by atoms with Gasteiger partial charge in [0.25, 0.3) is 0 Å². The third kappa shape index (κ3) is 4.96. The fraction of sp³-hybridized carbons (Fsp3) is 0.412. The normalized spacial score (nSPS) is 11.4. The summed E-state index contributed by atoms with van der Waals surface area (Å²) >= 11 is 1.66. The van der Waals surface area contributed by atoms with Crippen LogP contribution in [0.5, 0.6) is 5.75 Å². The molecule has 0 radical (unpaired) electrons. The van der Waals surface area contributed by atoms with E-state index in [1.165, 1.54) is 10.4 Å². The van der Waals surface area contributed by atoms with Gasteiger partial charge in [0.2, 0.25) is 0 Å². The maximum atomic E-state index is 5.44. The van der Waals surface area contributed by atoms with Crippen LogP contribution in [0.3, 0.4) is 0 Å². The Balaban J connectivity index is 2.05. The first-order valence-corrected chi connectivity index (χ1v) is 8.56. The fourth-order valence-corrected chi connectivity index (χ4v) is 2.87. The van der Waals surface area contributed by atoms with Gasteiger partial charge < -0.3 is 15.4 Å². The molecule has 0 bridgehead atoms. The molecule has 2 N–H and O–H groups in total. The summed E-state index contributed by atoms with van der Waals surface area (Å²) in [5, 5.41) is 6.62. The third-order valence-corrected chi connectivity index (χ3v) is 4.39. The summed E-state index contributed by atoms with van der Waals surface area (Å²) in [6.07, 6.45) is 0. The summed E-state index contributed by atoms with van der Waals surface area (Å²) in [6.45, 7) is 8.25. The highest BCUT2D eigenvalue weighted by atomic mass is 32.1. The third-order valence-electron chi connectivity index (χ3n) is 3.46. The van der Waals surface area contributed by atoms with Crippen molar-refractivity contribution in [3.63, 3.8) is 0 Å². The SMILES string of the molecule is CCNC(=NCc1ccc(C)cc1OC)NCc1scnc1C. The zero-order chi connectivity index (χ0) is 16.7. The quantitative estimate of drug-likeness (QED) is 0.631. The molecule has 5 nitrogen and oxygen atoms in total. The number of hydrogen-bond donors (Lipinski definition) is 2. The van der Waals surface area contributed by atoms with Crippen molar-refractivity contribution >= 4 is 17.3 Å². The van der Waals surface area contributed by atoms with E-state index in [4.69, 9.17) is 4.74 Å². The number of ether oxygens (including phenoxy) is 1. The molecule has 2 aromatic rings. The Bertz CT molecular complexity index is 666. The van der Waals surface area contributed by atoms with E-state index in [9.17, 15) is 0 Å². The maximum absolute atomic E-state index is 5.44. The molecule has 1 aromatic heterocycles. The van der Waals surface area contributed by atoms with Crippen LogP contribution in [0.15, 0.2) is 28.7 Å². The Morgan fingerprint density at radius 3 is 2.78 bits per heavy atom. The highest BCUT2D eigenvalue weighted by Crippen LogP contribution is 2.20. The number of aryl methyl sites for hydroxylation is 2. The standard InChI is InChI=1S/C17H24N4OS/c1-5-18-17(20-10-16-13(3)21-11-23-16)19-9-14-7-6-12(2)8-15(14)22-4/h6-8,11H,5,9-10H2,1-4H3,(H2,18,19,20). The fourth-order valence-electron chi connectivity index (χ4n) is 2.15. The van der Waals surface area contributed by atoms with Crippen LogP contribution in [0.1, 0.15) is 28.6 Å². The van der Waals surface area contributed by atoms with Gasteiger partial charge in [0.15, 0.2) is 5.96 Å². The lowest BCUT2D eigenvalue weighted by molar-refractivity contribution is 0.409. The minimum Gasteiger partial charge on any atom is -0.496 e. The van der Waals surface area contributed by atoms with Gasteiger partial charge >= 0.3 is 0 Å². The van der Waals surface area contributed by atoms with E-state index in [-0.39, 0.29) is 0 Å². The summed E-state index contributed by atoms with van der Waals surface area (Å²) in [6, 6.07) is 6.18. The molecule has 1 heterocycles. The lowest BCUT2D eigenvalue weighted by Gasteiger charge is -2.12. The van der Waals surface area contributed by atoms with Crippen molar-refractivity contribution in [2.45, 2.75) is 33.9 Å². The lowest BCUT2D eigenvalue weighted by atomic mass is 10.1. The van der Waals surface area contributed by atoms with Gasteiger partial charge in [-0.1, -0.05) is 12.1 Å². The van der Waals surface area contributed by atoms with E-state index in [1.54, 1.807) is 18.4 Å². The van der Waals surface area contributed by atoms with Gasteiger partial charge in [-0.2, -0.15) is 0 Å². The number of aliphatic imine (C=N–C) groups is 1. The minimum atomic E-state index is 0.570. The first-order chi connectivity index (χ1) is 11.1. The van der Waals surface area contributed by atoms with E-state index < -0.39 is 0 Å². The molecule has 0 unspecified atom stereocenters. The molecule has 1 aromatic carbocycles. The van der Waals surface area contributed by atoms with Crippen molar-refractivity contribution in [1.29, 1.82) is 0 Å². The predicted octanol–water partition coefficient (Wildman–Crippen LogP) is 3.02. The average Bonchev–Trinajstić information content (AvgIpc) is 2.96. The first-order valence-electron chi connectivity index (χ1n) is 7.68. The number of benzene rings is 1. The Morgan fingerprint density at radius 2 is 2.13 bits per heavy atom. The number of guanidine groups is 1. The first kappa shape index (κ1) is 17.3. The number of aromatic nitrogens is 1. The molecule has 0 saturated carbocycles. The molecule has 0 spiro atoms. The summed E-state index contributed by atoms with van der Waals surface area (Å²) in [5.41, 5.74) is 5.19. The Kier molecular flexibility index (Phi) is 6.40. The zero-order valence-electron chi connectivity index (χ0n) is 14.1. The van der Waals surface area contributed by atoms with E-state index in [0.717, 1.165) is 36.1 Å². The van der Waals surface area contributed by atoms with Gasteiger partial charge in [0, 0.05) is 17.0 Å². The topological polar surface area (TPSA) is 58.5 Å². The van der Waals surface area contributed by atoms with Crippen LogP contribution in [0.2, 0.25) is 0 Å². The van der Waals surface area contributed by atoms with Gasteiger partial charge in [0.05, 0.1) is 31.4 Å². The van der Waals surface area contributed by atoms with Gasteiger partial charge in [-0.3, -0.25) is 0 Å². The van der Waals surface area contributed by atoms with E-state index >= 15 is 0 Å². The van der Waals surface area contributed by atoms with Crippen LogP contribution in [-0.2, 0) is 13.1 Å².